The first kappa shape index (κ1) is 20.1. The second-order valence-corrected chi connectivity index (χ2v) is 5.06. The van der Waals surface area contributed by atoms with Crippen LogP contribution >= 0.6 is 0 Å². The topological polar surface area (TPSA) is 75.7 Å². The largest absolute Gasteiger partial charge is 0.458 e. The molecule has 6 nitrogen and oxygen atoms in total. The van der Waals surface area contributed by atoms with E-state index in [0.717, 1.165) is 17.7 Å². The van der Waals surface area contributed by atoms with Gasteiger partial charge in [0.15, 0.2) is 0 Å². The first-order valence-corrected chi connectivity index (χ1v) is 7.66. The van der Waals surface area contributed by atoms with E-state index in [9.17, 15) is 18.8 Å². The van der Waals surface area contributed by atoms with Crippen LogP contribution in [0, 0.1) is 5.82 Å². The Balaban J connectivity index is 2.70. The van der Waals surface area contributed by atoms with Crippen LogP contribution < -0.4 is 5.32 Å². The minimum Gasteiger partial charge on any atom is -0.458 e. The highest BCUT2D eigenvalue weighted by molar-refractivity contribution is 5.96. The van der Waals surface area contributed by atoms with Crippen LogP contribution in [-0.2, 0) is 25.5 Å². The molecular weight excluding hydrogens is 327 g/mol. The van der Waals surface area contributed by atoms with E-state index in [1.54, 1.807) is 12.1 Å². The number of carbonyl (C=O) groups excluding carboxylic acids is 3. The monoisotopic (exact) mass is 348 g/mol. The van der Waals surface area contributed by atoms with Gasteiger partial charge in [0.25, 0.3) is 0 Å². The second-order valence-electron chi connectivity index (χ2n) is 5.06. The summed E-state index contributed by atoms with van der Waals surface area (Å²) in [6, 6.07) is 5.88. The molecule has 0 aliphatic carbocycles. The summed E-state index contributed by atoms with van der Waals surface area (Å²) in [5.74, 6) is -1.86. The van der Waals surface area contributed by atoms with Crippen LogP contribution in [0.1, 0.15) is 5.56 Å². The van der Waals surface area contributed by atoms with E-state index >= 15 is 0 Å². The Morgan fingerprint density at radius 1 is 1.24 bits per heavy atom. The lowest BCUT2D eigenvalue weighted by molar-refractivity contribution is -0.137. The maximum atomic E-state index is 12.9. The van der Waals surface area contributed by atoms with Gasteiger partial charge in [0, 0.05) is 25.7 Å². The molecule has 0 aromatic heterocycles. The van der Waals surface area contributed by atoms with Gasteiger partial charge in [-0.2, -0.15) is 0 Å². The summed E-state index contributed by atoms with van der Waals surface area (Å²) >= 11 is 0. The Kier molecular flexibility index (Phi) is 8.63. The van der Waals surface area contributed by atoms with E-state index in [0.29, 0.717) is 6.42 Å². The molecule has 134 valence electrons. The van der Waals surface area contributed by atoms with Gasteiger partial charge in [-0.1, -0.05) is 24.8 Å². The lowest BCUT2D eigenvalue weighted by atomic mass is 10.1. The Hall–Kier alpha value is -2.96. The Morgan fingerprint density at radius 2 is 1.92 bits per heavy atom. The number of hydrogen-bond donors (Lipinski definition) is 1. The van der Waals surface area contributed by atoms with E-state index in [2.05, 4.69) is 11.9 Å². The summed E-state index contributed by atoms with van der Waals surface area (Å²) in [7, 11) is 1.47. The fraction of sp³-hybridized carbons (Fsp3) is 0.278. The van der Waals surface area contributed by atoms with Gasteiger partial charge in [0.1, 0.15) is 12.4 Å². The van der Waals surface area contributed by atoms with Crippen LogP contribution in [0.5, 0.6) is 0 Å². The molecule has 0 saturated carbocycles. The SMILES string of the molecule is C=CCOC(=O)/C=C\C(=O)N(CCc1ccc(F)cc1)CC(=O)NC. The number of esters is 1. The van der Waals surface area contributed by atoms with Gasteiger partial charge in [-0.25, -0.2) is 9.18 Å². The van der Waals surface area contributed by atoms with Crippen molar-refractivity contribution in [2.45, 2.75) is 6.42 Å². The molecule has 7 heteroatoms. The van der Waals surface area contributed by atoms with Crippen molar-refractivity contribution in [1.29, 1.82) is 0 Å². The van der Waals surface area contributed by atoms with Crippen molar-refractivity contribution in [2.24, 2.45) is 0 Å². The summed E-state index contributed by atoms with van der Waals surface area (Å²) < 4.78 is 17.7. The number of halogens is 1. The van der Waals surface area contributed by atoms with Gasteiger partial charge in [0.05, 0.1) is 6.54 Å². The van der Waals surface area contributed by atoms with Crippen LogP contribution in [0.2, 0.25) is 0 Å². The lowest BCUT2D eigenvalue weighted by Gasteiger charge is -2.20. The molecule has 0 bridgehead atoms. The van der Waals surface area contributed by atoms with Crippen molar-refractivity contribution in [3.8, 4) is 0 Å². The van der Waals surface area contributed by atoms with Crippen molar-refractivity contribution in [1.82, 2.24) is 10.2 Å². The average molecular weight is 348 g/mol. The zero-order valence-corrected chi connectivity index (χ0v) is 14.0. The zero-order chi connectivity index (χ0) is 18.7. The summed E-state index contributed by atoms with van der Waals surface area (Å²) in [6.07, 6.45) is 3.91. The highest BCUT2D eigenvalue weighted by Crippen LogP contribution is 2.05. The van der Waals surface area contributed by atoms with Crippen molar-refractivity contribution >= 4 is 17.8 Å². The Bertz CT molecular complexity index is 641. The number of nitrogens with zero attached hydrogens (tertiary/aromatic N) is 1. The quantitative estimate of drug-likeness (QED) is 0.414. The van der Waals surface area contributed by atoms with Crippen LogP contribution in [0.4, 0.5) is 4.39 Å². The molecule has 0 heterocycles. The van der Waals surface area contributed by atoms with E-state index in [1.807, 2.05) is 0 Å². The molecule has 0 spiro atoms. The zero-order valence-electron chi connectivity index (χ0n) is 14.0. The van der Waals surface area contributed by atoms with Gasteiger partial charge in [-0.3, -0.25) is 9.59 Å². The number of ether oxygens (including phenoxy) is 1. The fourth-order valence-corrected chi connectivity index (χ4v) is 1.87. The minimum absolute atomic E-state index is 0.0455. The highest BCUT2D eigenvalue weighted by Gasteiger charge is 2.15. The van der Waals surface area contributed by atoms with E-state index in [1.165, 1.54) is 30.2 Å². The molecule has 1 aromatic carbocycles. The fourth-order valence-electron chi connectivity index (χ4n) is 1.87. The van der Waals surface area contributed by atoms with Gasteiger partial charge in [0.2, 0.25) is 11.8 Å². The van der Waals surface area contributed by atoms with E-state index in [-0.39, 0.29) is 31.4 Å². The summed E-state index contributed by atoms with van der Waals surface area (Å²) in [6.45, 7) is 3.55. The lowest BCUT2D eigenvalue weighted by Crippen LogP contribution is -2.40. The first-order chi connectivity index (χ1) is 12.0. The van der Waals surface area contributed by atoms with E-state index < -0.39 is 11.9 Å². The van der Waals surface area contributed by atoms with Gasteiger partial charge >= 0.3 is 5.97 Å². The van der Waals surface area contributed by atoms with Crippen molar-refractivity contribution < 1.29 is 23.5 Å². The maximum absolute atomic E-state index is 12.9. The molecule has 1 rings (SSSR count). The first-order valence-electron chi connectivity index (χ1n) is 7.66. The number of likely N-dealkylation sites (N-methyl/N-ethyl adjacent to an activating group) is 1. The third-order valence-corrected chi connectivity index (χ3v) is 3.21. The standard InChI is InChI=1S/C18H21FN2O4/c1-3-12-25-18(24)9-8-17(23)21(13-16(22)20-2)11-10-14-4-6-15(19)7-5-14/h3-9H,1,10-13H2,2H3,(H,20,22)/b9-8-. The van der Waals surface area contributed by atoms with Crippen LogP contribution in [0.25, 0.3) is 0 Å². The average Bonchev–Trinajstić information content (AvgIpc) is 2.62. The Labute approximate surface area is 146 Å². The third kappa shape index (κ3) is 7.92. The molecule has 25 heavy (non-hydrogen) atoms. The smallest absolute Gasteiger partial charge is 0.331 e. The Morgan fingerprint density at radius 3 is 2.52 bits per heavy atom. The number of amides is 2. The molecule has 1 N–H and O–H groups in total. The molecule has 0 unspecified atom stereocenters. The van der Waals surface area contributed by atoms with Gasteiger partial charge in [-0.05, 0) is 24.1 Å². The minimum atomic E-state index is -0.674. The third-order valence-electron chi connectivity index (χ3n) is 3.21. The number of hydrogen-bond acceptors (Lipinski definition) is 4. The molecule has 2 amide bonds. The highest BCUT2D eigenvalue weighted by atomic mass is 19.1. The van der Waals surface area contributed by atoms with Gasteiger partial charge in [-0.15, -0.1) is 0 Å². The molecule has 1 aromatic rings. The number of nitrogens with one attached hydrogen (secondary N) is 1. The maximum Gasteiger partial charge on any atom is 0.331 e. The predicted molar refractivity (Wildman–Crippen MR) is 91.0 cm³/mol. The molecule has 0 radical (unpaired) electrons. The summed E-state index contributed by atoms with van der Waals surface area (Å²) in [4.78, 5) is 36.5. The van der Waals surface area contributed by atoms with Crippen molar-refractivity contribution in [3.05, 3.63) is 60.5 Å². The number of rotatable bonds is 9. The van der Waals surface area contributed by atoms with Gasteiger partial charge < -0.3 is 15.0 Å². The predicted octanol–water partition coefficient (Wildman–Crippen LogP) is 1.23. The normalized spacial score (nSPS) is 10.3. The summed E-state index contributed by atoms with van der Waals surface area (Å²) in [5.41, 5.74) is 0.825. The molecule has 0 atom stereocenters. The van der Waals surface area contributed by atoms with E-state index in [4.69, 9.17) is 4.74 Å². The van der Waals surface area contributed by atoms with Crippen molar-refractivity contribution in [3.63, 3.8) is 0 Å². The summed E-state index contributed by atoms with van der Waals surface area (Å²) in [5, 5.41) is 2.44. The van der Waals surface area contributed by atoms with Crippen molar-refractivity contribution in [2.75, 3.05) is 26.7 Å². The number of benzene rings is 1. The molecule has 0 aliphatic heterocycles. The van der Waals surface area contributed by atoms with Crippen LogP contribution in [0.3, 0.4) is 0 Å². The molecule has 0 fully saturated rings. The number of carbonyl (C=O) groups is 3. The second kappa shape index (κ2) is 10.7. The molecule has 0 saturated heterocycles. The van der Waals surface area contributed by atoms with Crippen LogP contribution in [0.15, 0.2) is 49.1 Å². The molecule has 0 aliphatic rings. The van der Waals surface area contributed by atoms with Crippen LogP contribution in [-0.4, -0.2) is 49.4 Å². The molecular formula is C18H21FN2O4.